The second-order valence-corrected chi connectivity index (χ2v) is 3.59. The molecular formula is C5H10O4S. The zero-order valence-electron chi connectivity index (χ0n) is 5.21. The van der Waals surface area contributed by atoms with E-state index >= 15 is 0 Å². The summed E-state index contributed by atoms with van der Waals surface area (Å²) in [6.45, 7) is -0.222. The van der Waals surface area contributed by atoms with Crippen LogP contribution in [-0.4, -0.2) is 49.9 Å². The van der Waals surface area contributed by atoms with Gasteiger partial charge in [0, 0.05) is 0 Å². The van der Waals surface area contributed by atoms with Gasteiger partial charge in [0.25, 0.3) is 0 Å². The second kappa shape index (κ2) is 3.06. The van der Waals surface area contributed by atoms with Crippen LogP contribution in [0.25, 0.3) is 0 Å². The lowest BCUT2D eigenvalue weighted by molar-refractivity contribution is -0.0181. The minimum absolute atomic E-state index is 0.222. The number of rotatable bonds is 1. The highest BCUT2D eigenvalue weighted by atomic mass is 32.2. The molecule has 10 heavy (non-hydrogen) atoms. The van der Waals surface area contributed by atoms with E-state index in [0.717, 1.165) is 11.8 Å². The van der Waals surface area contributed by atoms with Gasteiger partial charge in [-0.25, -0.2) is 0 Å². The van der Waals surface area contributed by atoms with Crippen molar-refractivity contribution in [1.82, 2.24) is 0 Å². The van der Waals surface area contributed by atoms with E-state index in [-0.39, 0.29) is 6.61 Å². The highest BCUT2D eigenvalue weighted by Crippen LogP contribution is 2.32. The maximum absolute atomic E-state index is 9.04. The summed E-state index contributed by atoms with van der Waals surface area (Å²) in [5, 5.41) is 35.0. The average Bonchev–Trinajstić information content (AvgIpc) is 2.17. The molecule has 1 rings (SSSR count). The largest absolute Gasteiger partial charge is 0.395 e. The number of thioether (sulfide) groups is 1. The van der Waals surface area contributed by atoms with E-state index in [1.807, 2.05) is 0 Å². The van der Waals surface area contributed by atoms with Crippen LogP contribution in [-0.2, 0) is 0 Å². The molecule has 0 spiro atoms. The van der Waals surface area contributed by atoms with Crippen molar-refractivity contribution in [2.24, 2.45) is 0 Å². The summed E-state index contributed by atoms with van der Waals surface area (Å²) < 4.78 is 0. The van der Waals surface area contributed by atoms with Crippen molar-refractivity contribution in [3.8, 4) is 0 Å². The van der Waals surface area contributed by atoms with Crippen molar-refractivity contribution in [1.29, 1.82) is 0 Å². The fourth-order valence-electron chi connectivity index (χ4n) is 0.880. The van der Waals surface area contributed by atoms with Gasteiger partial charge in [-0.1, -0.05) is 0 Å². The molecule has 0 aromatic carbocycles. The Morgan fingerprint density at radius 1 is 1.10 bits per heavy atom. The number of hydrogen-bond acceptors (Lipinski definition) is 5. The first-order valence-electron chi connectivity index (χ1n) is 2.97. The molecule has 1 aliphatic rings. The summed E-state index contributed by atoms with van der Waals surface area (Å²) in [4.78, 5) is 0. The van der Waals surface area contributed by atoms with Crippen LogP contribution in [0.1, 0.15) is 0 Å². The van der Waals surface area contributed by atoms with Crippen LogP contribution in [0.4, 0.5) is 0 Å². The van der Waals surface area contributed by atoms with Crippen molar-refractivity contribution >= 4 is 11.8 Å². The molecule has 1 aliphatic heterocycles. The van der Waals surface area contributed by atoms with Crippen molar-refractivity contribution in [3.63, 3.8) is 0 Å². The molecule has 0 bridgehead atoms. The van der Waals surface area contributed by atoms with Gasteiger partial charge in [0.15, 0.2) is 0 Å². The van der Waals surface area contributed by atoms with Gasteiger partial charge in [0.05, 0.1) is 18.0 Å². The molecule has 0 amide bonds. The van der Waals surface area contributed by atoms with Crippen LogP contribution in [0.15, 0.2) is 0 Å². The molecule has 4 atom stereocenters. The van der Waals surface area contributed by atoms with Crippen LogP contribution >= 0.6 is 11.8 Å². The normalized spacial score (nSPS) is 48.0. The van der Waals surface area contributed by atoms with Gasteiger partial charge in [-0.2, -0.15) is 0 Å². The van der Waals surface area contributed by atoms with E-state index in [2.05, 4.69) is 0 Å². The Balaban J connectivity index is 2.53. The van der Waals surface area contributed by atoms with Crippen molar-refractivity contribution in [2.75, 3.05) is 6.61 Å². The Bertz CT molecular complexity index is 120. The standard InChI is InChI=1S/C5H10O4S/c6-1-2-3(7)4(8)5(9)10-2/h2-9H,1H2/t2-,3-,4-,5?/m0/s1. The number of hydrogen-bond donors (Lipinski definition) is 4. The monoisotopic (exact) mass is 166 g/mol. The van der Waals surface area contributed by atoms with Crippen molar-refractivity contribution in [3.05, 3.63) is 0 Å². The second-order valence-electron chi connectivity index (χ2n) is 2.23. The van der Waals surface area contributed by atoms with E-state index in [1.165, 1.54) is 0 Å². The molecular weight excluding hydrogens is 156 g/mol. The average molecular weight is 166 g/mol. The molecule has 0 saturated carbocycles. The maximum atomic E-state index is 9.04. The molecule has 0 radical (unpaired) electrons. The summed E-state index contributed by atoms with van der Waals surface area (Å²) in [5.74, 6) is 0. The summed E-state index contributed by atoms with van der Waals surface area (Å²) in [7, 11) is 0. The lowest BCUT2D eigenvalue weighted by Crippen LogP contribution is -2.33. The first kappa shape index (κ1) is 8.29. The third-order valence-corrected chi connectivity index (χ3v) is 2.85. The van der Waals surface area contributed by atoms with Gasteiger partial charge in [-0.05, 0) is 0 Å². The highest BCUT2D eigenvalue weighted by Gasteiger charge is 2.40. The van der Waals surface area contributed by atoms with Gasteiger partial charge >= 0.3 is 0 Å². The van der Waals surface area contributed by atoms with E-state index in [4.69, 9.17) is 20.4 Å². The van der Waals surface area contributed by atoms with Crippen LogP contribution < -0.4 is 0 Å². The molecule has 1 fully saturated rings. The van der Waals surface area contributed by atoms with Gasteiger partial charge in [0.2, 0.25) is 0 Å². The van der Waals surface area contributed by atoms with Crippen LogP contribution in [0.2, 0.25) is 0 Å². The number of aliphatic hydroxyl groups excluding tert-OH is 4. The zero-order valence-corrected chi connectivity index (χ0v) is 6.03. The molecule has 60 valence electrons. The summed E-state index contributed by atoms with van der Waals surface area (Å²) in [6, 6.07) is 0. The first-order chi connectivity index (χ1) is 4.66. The molecule has 0 aromatic rings. The minimum atomic E-state index is -1.12. The zero-order chi connectivity index (χ0) is 7.72. The summed E-state index contributed by atoms with van der Waals surface area (Å²) in [5.41, 5.74) is -0.966. The Hall–Kier alpha value is 0.190. The fourth-order valence-corrected chi connectivity index (χ4v) is 1.97. The smallest absolute Gasteiger partial charge is 0.128 e. The quantitative estimate of drug-likeness (QED) is 0.367. The van der Waals surface area contributed by atoms with Gasteiger partial charge in [-0.3, -0.25) is 0 Å². The Morgan fingerprint density at radius 3 is 1.90 bits per heavy atom. The summed E-state index contributed by atoms with van der Waals surface area (Å²) >= 11 is 0.987. The molecule has 0 aromatic heterocycles. The predicted molar refractivity (Wildman–Crippen MR) is 36.5 cm³/mol. The van der Waals surface area contributed by atoms with Crippen LogP contribution in [0.5, 0.6) is 0 Å². The minimum Gasteiger partial charge on any atom is -0.395 e. The lowest BCUT2D eigenvalue weighted by atomic mass is 10.1. The van der Waals surface area contributed by atoms with Crippen LogP contribution in [0.3, 0.4) is 0 Å². The molecule has 4 N–H and O–H groups in total. The Kier molecular flexibility index (Phi) is 2.54. The van der Waals surface area contributed by atoms with Gasteiger partial charge < -0.3 is 20.4 Å². The summed E-state index contributed by atoms with van der Waals surface area (Å²) in [6.07, 6.45) is -2.13. The van der Waals surface area contributed by atoms with Gasteiger partial charge in [-0.15, -0.1) is 11.8 Å². The Morgan fingerprint density at radius 2 is 1.70 bits per heavy atom. The van der Waals surface area contributed by atoms with E-state index in [9.17, 15) is 0 Å². The maximum Gasteiger partial charge on any atom is 0.128 e. The van der Waals surface area contributed by atoms with Gasteiger partial charge in [0.1, 0.15) is 11.5 Å². The topological polar surface area (TPSA) is 80.9 Å². The molecule has 5 heteroatoms. The molecule has 1 heterocycles. The molecule has 1 unspecified atom stereocenters. The van der Waals surface area contributed by atoms with E-state index < -0.39 is 22.9 Å². The van der Waals surface area contributed by atoms with Crippen molar-refractivity contribution < 1.29 is 20.4 Å². The molecule has 4 nitrogen and oxygen atoms in total. The third kappa shape index (κ3) is 1.28. The predicted octanol–water partition coefficient (Wildman–Crippen LogP) is -1.87. The SMILES string of the molecule is OC[C@@H]1SC(O)[C@@H](O)[C@H]1O. The molecule has 0 aliphatic carbocycles. The third-order valence-electron chi connectivity index (χ3n) is 1.52. The van der Waals surface area contributed by atoms with Crippen molar-refractivity contribution in [2.45, 2.75) is 22.9 Å². The first-order valence-corrected chi connectivity index (χ1v) is 3.91. The van der Waals surface area contributed by atoms with Crippen LogP contribution in [0, 0.1) is 0 Å². The molecule has 1 saturated heterocycles. The number of aliphatic hydroxyl groups is 4. The van der Waals surface area contributed by atoms with E-state index in [0.29, 0.717) is 0 Å². The highest BCUT2D eigenvalue weighted by molar-refractivity contribution is 8.00. The Labute approximate surface area is 62.5 Å². The fraction of sp³-hybridized carbons (Fsp3) is 1.00. The van der Waals surface area contributed by atoms with E-state index in [1.54, 1.807) is 0 Å². The lowest BCUT2D eigenvalue weighted by Gasteiger charge is -2.11.